The maximum Gasteiger partial charge on any atom is 0.306 e. The first-order chi connectivity index (χ1) is 22.7. The molecule has 1 unspecified atom stereocenters. The van der Waals surface area contributed by atoms with Gasteiger partial charge in [0.05, 0.1) is 13.2 Å². The van der Waals surface area contributed by atoms with E-state index in [9.17, 15) is 9.90 Å². The zero-order valence-electron chi connectivity index (χ0n) is 31.1. The van der Waals surface area contributed by atoms with Gasteiger partial charge in [-0.3, -0.25) is 4.79 Å². The number of carbonyl (C=O) groups excluding carboxylic acids is 1. The van der Waals surface area contributed by atoms with E-state index in [0.29, 0.717) is 19.6 Å². The number of unbranched alkanes of at least 4 members (excludes halogenated alkanes) is 26. The smallest absolute Gasteiger partial charge is 0.306 e. The molecule has 0 aliphatic carbocycles. The molecule has 0 amide bonds. The number of hydrogen-bond donors (Lipinski definition) is 1. The van der Waals surface area contributed by atoms with Gasteiger partial charge in [0.2, 0.25) is 0 Å². The van der Waals surface area contributed by atoms with Gasteiger partial charge in [-0.15, -0.1) is 0 Å². The van der Waals surface area contributed by atoms with Crippen molar-refractivity contribution in [2.24, 2.45) is 0 Å². The Bertz CT molecular complexity index is 644. The topological polar surface area (TPSA) is 55.8 Å². The maximum atomic E-state index is 12.2. The van der Waals surface area contributed by atoms with E-state index >= 15 is 0 Å². The second-order valence-electron chi connectivity index (χ2n) is 13.7. The van der Waals surface area contributed by atoms with Gasteiger partial charge in [0.15, 0.2) is 0 Å². The van der Waals surface area contributed by atoms with Gasteiger partial charge < -0.3 is 14.6 Å². The molecule has 0 rings (SSSR count). The fourth-order valence-corrected chi connectivity index (χ4v) is 5.91. The van der Waals surface area contributed by atoms with Crippen molar-refractivity contribution in [3.05, 3.63) is 24.3 Å². The molecule has 0 radical (unpaired) electrons. The van der Waals surface area contributed by atoms with E-state index in [2.05, 4.69) is 38.2 Å². The van der Waals surface area contributed by atoms with E-state index < -0.39 is 6.10 Å². The van der Waals surface area contributed by atoms with Gasteiger partial charge in [0, 0.05) is 13.0 Å². The van der Waals surface area contributed by atoms with Crippen molar-refractivity contribution in [3.8, 4) is 0 Å². The van der Waals surface area contributed by atoms with Crippen LogP contribution in [0.5, 0.6) is 0 Å². The van der Waals surface area contributed by atoms with Crippen molar-refractivity contribution in [1.82, 2.24) is 0 Å². The molecule has 0 aromatic rings. The van der Waals surface area contributed by atoms with E-state index in [-0.39, 0.29) is 12.6 Å². The predicted molar refractivity (Wildman–Crippen MR) is 201 cm³/mol. The molecule has 1 N–H and O–H groups in total. The Labute approximate surface area is 288 Å². The Morgan fingerprint density at radius 1 is 0.500 bits per heavy atom. The number of esters is 1. The second-order valence-corrected chi connectivity index (χ2v) is 13.7. The molecule has 46 heavy (non-hydrogen) atoms. The number of hydrogen-bond acceptors (Lipinski definition) is 4. The third kappa shape index (κ3) is 37.3. The standard InChI is InChI=1S/C42H80O4/c1-3-5-7-9-11-13-15-17-19-21-22-23-25-27-29-31-33-35-37-42(44)46-41(39-43)40-45-38-36-34-32-30-28-26-24-20-18-16-14-12-10-8-6-4-2/h18-21,41,43H,3-17,22-40H2,1-2H3/b20-18-,21-19-. The fraction of sp³-hybridized carbons (Fsp3) is 0.881. The molecule has 0 aliphatic heterocycles. The van der Waals surface area contributed by atoms with Crippen molar-refractivity contribution in [2.75, 3.05) is 19.8 Å². The van der Waals surface area contributed by atoms with Crippen LogP contribution in [0.1, 0.15) is 213 Å². The second kappa shape index (κ2) is 40.0. The highest BCUT2D eigenvalue weighted by Gasteiger charge is 2.13. The lowest BCUT2D eigenvalue weighted by molar-refractivity contribution is -0.154. The van der Waals surface area contributed by atoms with Crippen LogP contribution in [0.25, 0.3) is 0 Å². The molecular weight excluding hydrogens is 568 g/mol. The third-order valence-corrected chi connectivity index (χ3v) is 9.00. The van der Waals surface area contributed by atoms with Crippen LogP contribution >= 0.6 is 0 Å². The van der Waals surface area contributed by atoms with Crippen LogP contribution in [0.15, 0.2) is 24.3 Å². The SMILES string of the molecule is CCCCCCCC/C=C\CCCCCCCCOCC(CO)OC(=O)CCCCCCCCC/C=C\CCCCCCCCC. The van der Waals surface area contributed by atoms with Crippen LogP contribution in [0.3, 0.4) is 0 Å². The monoisotopic (exact) mass is 649 g/mol. The minimum Gasteiger partial charge on any atom is -0.457 e. The van der Waals surface area contributed by atoms with Crippen LogP contribution in [-0.4, -0.2) is 37.0 Å². The summed E-state index contributed by atoms with van der Waals surface area (Å²) in [6.07, 6.45) is 48.0. The Hall–Kier alpha value is -1.13. The van der Waals surface area contributed by atoms with Crippen LogP contribution in [0.2, 0.25) is 0 Å². The predicted octanol–water partition coefficient (Wildman–Crippen LogP) is 13.2. The molecule has 4 nitrogen and oxygen atoms in total. The molecule has 0 bridgehead atoms. The summed E-state index contributed by atoms with van der Waals surface area (Å²) in [4.78, 5) is 12.2. The number of aliphatic hydroxyl groups is 1. The molecule has 272 valence electrons. The van der Waals surface area contributed by atoms with Gasteiger partial charge in [-0.05, 0) is 64.2 Å². The molecule has 0 heterocycles. The van der Waals surface area contributed by atoms with E-state index in [0.717, 1.165) is 19.3 Å². The summed E-state index contributed by atoms with van der Waals surface area (Å²) < 4.78 is 11.1. The number of allylic oxidation sites excluding steroid dienone is 4. The lowest BCUT2D eigenvalue weighted by Crippen LogP contribution is -2.27. The summed E-state index contributed by atoms with van der Waals surface area (Å²) in [6.45, 7) is 5.34. The highest BCUT2D eigenvalue weighted by molar-refractivity contribution is 5.69. The van der Waals surface area contributed by atoms with Gasteiger partial charge in [0.25, 0.3) is 0 Å². The third-order valence-electron chi connectivity index (χ3n) is 9.00. The molecule has 0 aliphatic rings. The number of aliphatic hydroxyl groups excluding tert-OH is 1. The van der Waals surface area contributed by atoms with E-state index in [1.54, 1.807) is 0 Å². The minimum atomic E-state index is -0.536. The average Bonchev–Trinajstić information content (AvgIpc) is 3.06. The van der Waals surface area contributed by atoms with Crippen molar-refractivity contribution in [1.29, 1.82) is 0 Å². The van der Waals surface area contributed by atoms with Gasteiger partial charge in [0.1, 0.15) is 6.10 Å². The molecule has 4 heteroatoms. The Morgan fingerprint density at radius 3 is 1.24 bits per heavy atom. The number of ether oxygens (including phenoxy) is 2. The van der Waals surface area contributed by atoms with Crippen molar-refractivity contribution < 1.29 is 19.4 Å². The average molecular weight is 649 g/mol. The summed E-state index contributed by atoms with van der Waals surface area (Å²) in [5.41, 5.74) is 0. The Balaban J connectivity index is 3.43. The van der Waals surface area contributed by atoms with Crippen molar-refractivity contribution in [3.63, 3.8) is 0 Å². The van der Waals surface area contributed by atoms with Crippen molar-refractivity contribution in [2.45, 2.75) is 219 Å². The Kier molecular flexibility index (Phi) is 39.1. The number of carbonyl (C=O) groups is 1. The fourth-order valence-electron chi connectivity index (χ4n) is 5.91. The molecule has 0 aromatic heterocycles. The maximum absolute atomic E-state index is 12.2. The zero-order chi connectivity index (χ0) is 33.4. The van der Waals surface area contributed by atoms with Gasteiger partial charge in [-0.2, -0.15) is 0 Å². The highest BCUT2D eigenvalue weighted by atomic mass is 16.6. The molecule has 0 saturated heterocycles. The van der Waals surface area contributed by atoms with Crippen LogP contribution < -0.4 is 0 Å². The molecule has 0 spiro atoms. The normalized spacial score (nSPS) is 12.5. The summed E-state index contributed by atoms with van der Waals surface area (Å²) in [7, 11) is 0. The number of rotatable bonds is 38. The first-order valence-corrected chi connectivity index (χ1v) is 20.4. The quantitative estimate of drug-likeness (QED) is 0.0411. The van der Waals surface area contributed by atoms with Gasteiger partial charge >= 0.3 is 5.97 Å². The molecule has 0 aromatic carbocycles. The van der Waals surface area contributed by atoms with Crippen LogP contribution in [0.4, 0.5) is 0 Å². The largest absolute Gasteiger partial charge is 0.457 e. The first kappa shape index (κ1) is 44.9. The molecule has 0 fully saturated rings. The van der Waals surface area contributed by atoms with Crippen molar-refractivity contribution >= 4 is 5.97 Å². The van der Waals surface area contributed by atoms with Crippen LogP contribution in [0, 0.1) is 0 Å². The van der Waals surface area contributed by atoms with Gasteiger partial charge in [-0.1, -0.05) is 167 Å². The molecule has 0 saturated carbocycles. The summed E-state index contributed by atoms with van der Waals surface area (Å²) >= 11 is 0. The lowest BCUT2D eigenvalue weighted by atomic mass is 10.1. The molecule has 1 atom stereocenters. The van der Waals surface area contributed by atoms with Crippen LogP contribution in [-0.2, 0) is 14.3 Å². The lowest BCUT2D eigenvalue weighted by Gasteiger charge is -2.15. The highest BCUT2D eigenvalue weighted by Crippen LogP contribution is 2.13. The summed E-state index contributed by atoms with van der Waals surface area (Å²) in [5.74, 6) is -0.205. The first-order valence-electron chi connectivity index (χ1n) is 20.4. The minimum absolute atomic E-state index is 0.173. The Morgan fingerprint density at radius 2 is 0.848 bits per heavy atom. The zero-order valence-corrected chi connectivity index (χ0v) is 31.1. The van der Waals surface area contributed by atoms with E-state index in [1.807, 2.05) is 0 Å². The van der Waals surface area contributed by atoms with E-state index in [1.165, 1.54) is 173 Å². The summed E-state index contributed by atoms with van der Waals surface area (Å²) in [6, 6.07) is 0. The molecular formula is C42H80O4. The van der Waals surface area contributed by atoms with Gasteiger partial charge in [-0.25, -0.2) is 0 Å². The summed E-state index contributed by atoms with van der Waals surface area (Å²) in [5, 5.41) is 9.58. The van der Waals surface area contributed by atoms with E-state index in [4.69, 9.17) is 9.47 Å².